The molecular formula is C21H22ClF3N2O2. The third kappa shape index (κ3) is 6.37. The maximum Gasteiger partial charge on any atom is 0.411 e. The molecule has 0 aromatic heterocycles. The fraction of sp³-hybridized carbons (Fsp3) is 0.381. The van der Waals surface area contributed by atoms with Crippen LogP contribution in [0.1, 0.15) is 35.2 Å². The summed E-state index contributed by atoms with van der Waals surface area (Å²) in [4.78, 5) is 14.9. The number of hydrogen-bond acceptors (Lipinski definition) is 3. The molecule has 0 bridgehead atoms. The van der Waals surface area contributed by atoms with Crippen LogP contribution in [0.25, 0.3) is 0 Å². The van der Waals surface area contributed by atoms with Crippen molar-refractivity contribution in [3.8, 4) is 0 Å². The zero-order valence-electron chi connectivity index (χ0n) is 15.8. The predicted octanol–water partition coefficient (Wildman–Crippen LogP) is 5.66. The van der Waals surface area contributed by atoms with Gasteiger partial charge >= 0.3 is 6.18 Å². The number of piperidine rings is 1. The zero-order valence-corrected chi connectivity index (χ0v) is 16.5. The standard InChI is InChI=1S/C21H22ClF3N2O2/c22-17-8-9-19(27-10-2-1-3-11-27)18(12-17)26-20(28)16-6-4-15(5-7-16)13-29-14-21(23,24)25/h4-9,12H,1-3,10-11,13-14H2,(H,26,28). The van der Waals surface area contributed by atoms with E-state index in [9.17, 15) is 18.0 Å². The molecule has 1 heterocycles. The first-order chi connectivity index (χ1) is 13.8. The largest absolute Gasteiger partial charge is 0.411 e. The number of benzene rings is 2. The average molecular weight is 427 g/mol. The Kier molecular flexibility index (Phi) is 7.03. The highest BCUT2D eigenvalue weighted by molar-refractivity contribution is 6.31. The Balaban J connectivity index is 1.66. The number of alkyl halides is 3. The number of ether oxygens (including phenoxy) is 1. The topological polar surface area (TPSA) is 41.6 Å². The molecule has 156 valence electrons. The van der Waals surface area contributed by atoms with E-state index in [1.807, 2.05) is 6.07 Å². The van der Waals surface area contributed by atoms with Crippen molar-refractivity contribution in [1.29, 1.82) is 0 Å². The quantitative estimate of drug-likeness (QED) is 0.647. The smallest absolute Gasteiger partial charge is 0.370 e. The number of carbonyl (C=O) groups excluding carboxylic acids is 1. The van der Waals surface area contributed by atoms with E-state index in [1.54, 1.807) is 36.4 Å². The van der Waals surface area contributed by atoms with Crippen LogP contribution in [0.2, 0.25) is 5.02 Å². The molecule has 0 spiro atoms. The maximum atomic E-state index is 12.7. The third-order valence-electron chi connectivity index (χ3n) is 4.65. The van der Waals surface area contributed by atoms with Gasteiger partial charge in [-0.2, -0.15) is 13.2 Å². The second-order valence-corrected chi connectivity index (χ2v) is 7.40. The van der Waals surface area contributed by atoms with Gasteiger partial charge in [0, 0.05) is 23.7 Å². The van der Waals surface area contributed by atoms with Gasteiger partial charge in [-0.25, -0.2) is 0 Å². The number of amides is 1. The molecule has 4 nitrogen and oxygen atoms in total. The van der Waals surface area contributed by atoms with E-state index in [0.29, 0.717) is 21.8 Å². The van der Waals surface area contributed by atoms with Crippen molar-refractivity contribution in [2.75, 3.05) is 29.9 Å². The van der Waals surface area contributed by atoms with Crippen molar-refractivity contribution in [3.63, 3.8) is 0 Å². The van der Waals surface area contributed by atoms with Crippen molar-refractivity contribution in [1.82, 2.24) is 0 Å². The molecule has 0 aliphatic carbocycles. The SMILES string of the molecule is O=C(Nc1cc(Cl)ccc1N1CCCCC1)c1ccc(COCC(F)(F)F)cc1. The van der Waals surface area contributed by atoms with Crippen LogP contribution in [-0.4, -0.2) is 31.8 Å². The molecule has 0 atom stereocenters. The predicted molar refractivity (Wildman–Crippen MR) is 108 cm³/mol. The zero-order chi connectivity index (χ0) is 20.9. The van der Waals surface area contributed by atoms with E-state index in [2.05, 4.69) is 15.0 Å². The van der Waals surface area contributed by atoms with E-state index in [4.69, 9.17) is 11.6 Å². The van der Waals surface area contributed by atoms with E-state index < -0.39 is 12.8 Å². The molecule has 2 aromatic rings. The van der Waals surface area contributed by atoms with Gasteiger partial charge in [0.05, 0.1) is 18.0 Å². The summed E-state index contributed by atoms with van der Waals surface area (Å²) in [5.74, 6) is -0.312. The number of hydrogen-bond donors (Lipinski definition) is 1. The Hall–Kier alpha value is -2.25. The first-order valence-electron chi connectivity index (χ1n) is 9.41. The highest BCUT2D eigenvalue weighted by Crippen LogP contribution is 2.31. The number of nitrogens with zero attached hydrogens (tertiary/aromatic N) is 1. The molecule has 29 heavy (non-hydrogen) atoms. The number of rotatable bonds is 6. The summed E-state index contributed by atoms with van der Waals surface area (Å²) >= 11 is 6.12. The second-order valence-electron chi connectivity index (χ2n) is 6.97. The van der Waals surface area contributed by atoms with Crippen LogP contribution in [0.5, 0.6) is 0 Å². The minimum atomic E-state index is -4.36. The van der Waals surface area contributed by atoms with E-state index in [0.717, 1.165) is 31.6 Å². The molecule has 0 unspecified atom stereocenters. The summed E-state index contributed by atoms with van der Waals surface area (Å²) in [5, 5.41) is 3.43. The van der Waals surface area contributed by atoms with Crippen molar-refractivity contribution in [2.24, 2.45) is 0 Å². The molecule has 3 rings (SSSR count). The fourth-order valence-corrected chi connectivity index (χ4v) is 3.42. The lowest BCUT2D eigenvalue weighted by Gasteiger charge is -2.30. The average Bonchev–Trinajstić information content (AvgIpc) is 2.68. The van der Waals surface area contributed by atoms with Crippen molar-refractivity contribution >= 4 is 28.9 Å². The van der Waals surface area contributed by atoms with Gasteiger partial charge in [0.2, 0.25) is 0 Å². The number of carbonyl (C=O) groups is 1. The summed E-state index contributed by atoms with van der Waals surface area (Å²) in [5.41, 5.74) is 2.53. The summed E-state index contributed by atoms with van der Waals surface area (Å²) in [6.07, 6.45) is -0.949. The highest BCUT2D eigenvalue weighted by Gasteiger charge is 2.27. The normalized spacial score (nSPS) is 14.7. The summed E-state index contributed by atoms with van der Waals surface area (Å²) in [6.45, 7) is 0.381. The molecule has 1 saturated heterocycles. The molecule has 0 saturated carbocycles. The van der Waals surface area contributed by atoms with Crippen molar-refractivity contribution < 1.29 is 22.7 Å². The van der Waals surface area contributed by atoms with Crippen LogP contribution in [0.3, 0.4) is 0 Å². The highest BCUT2D eigenvalue weighted by atomic mass is 35.5. The second kappa shape index (κ2) is 9.50. The van der Waals surface area contributed by atoms with Gasteiger partial charge in [-0.15, -0.1) is 0 Å². The van der Waals surface area contributed by atoms with Gasteiger partial charge in [-0.1, -0.05) is 23.7 Å². The molecule has 1 fully saturated rings. The molecule has 1 aliphatic rings. The van der Waals surface area contributed by atoms with Gasteiger partial charge in [0.25, 0.3) is 5.91 Å². The first-order valence-corrected chi connectivity index (χ1v) is 9.79. The molecular weight excluding hydrogens is 405 g/mol. The third-order valence-corrected chi connectivity index (χ3v) is 4.89. The number of nitrogens with one attached hydrogen (secondary N) is 1. The lowest BCUT2D eigenvalue weighted by atomic mass is 10.1. The molecule has 8 heteroatoms. The first kappa shape index (κ1) is 21.5. The minimum absolute atomic E-state index is 0.172. The van der Waals surface area contributed by atoms with Gasteiger partial charge in [-0.3, -0.25) is 4.79 Å². The monoisotopic (exact) mass is 426 g/mol. The Bertz CT molecular complexity index is 835. The summed E-state index contributed by atoms with van der Waals surface area (Å²) in [6, 6.07) is 11.7. The Morgan fingerprint density at radius 3 is 2.41 bits per heavy atom. The van der Waals surface area contributed by atoms with Crippen LogP contribution in [0, 0.1) is 0 Å². The fourth-order valence-electron chi connectivity index (χ4n) is 3.25. The van der Waals surface area contributed by atoms with E-state index >= 15 is 0 Å². The number of halogens is 4. The Labute approximate surface area is 172 Å². The molecule has 2 aromatic carbocycles. The Morgan fingerprint density at radius 2 is 1.76 bits per heavy atom. The molecule has 1 N–H and O–H groups in total. The van der Waals surface area contributed by atoms with Crippen molar-refractivity contribution in [3.05, 3.63) is 58.6 Å². The van der Waals surface area contributed by atoms with Crippen LogP contribution in [0.15, 0.2) is 42.5 Å². The van der Waals surface area contributed by atoms with E-state index in [1.165, 1.54) is 6.42 Å². The molecule has 0 radical (unpaired) electrons. The maximum absolute atomic E-state index is 12.7. The van der Waals surface area contributed by atoms with Gasteiger partial charge in [-0.05, 0) is 55.2 Å². The van der Waals surface area contributed by atoms with Crippen LogP contribution < -0.4 is 10.2 Å². The lowest BCUT2D eigenvalue weighted by Crippen LogP contribution is -2.30. The number of anilines is 2. The van der Waals surface area contributed by atoms with Gasteiger partial charge < -0.3 is 15.0 Å². The van der Waals surface area contributed by atoms with Crippen LogP contribution in [0.4, 0.5) is 24.5 Å². The molecule has 1 aliphatic heterocycles. The van der Waals surface area contributed by atoms with Gasteiger partial charge in [0.15, 0.2) is 0 Å². The minimum Gasteiger partial charge on any atom is -0.370 e. The van der Waals surface area contributed by atoms with Gasteiger partial charge in [0.1, 0.15) is 6.61 Å². The molecule has 1 amide bonds. The Morgan fingerprint density at radius 1 is 1.07 bits per heavy atom. The van der Waals surface area contributed by atoms with Crippen LogP contribution >= 0.6 is 11.6 Å². The lowest BCUT2D eigenvalue weighted by molar-refractivity contribution is -0.176. The van der Waals surface area contributed by atoms with Crippen LogP contribution in [-0.2, 0) is 11.3 Å². The summed E-state index contributed by atoms with van der Waals surface area (Å²) in [7, 11) is 0. The summed E-state index contributed by atoms with van der Waals surface area (Å²) < 4.78 is 41.1. The van der Waals surface area contributed by atoms with E-state index in [-0.39, 0.29) is 12.5 Å². The van der Waals surface area contributed by atoms with Crippen molar-refractivity contribution in [2.45, 2.75) is 32.0 Å².